The second-order valence-corrected chi connectivity index (χ2v) is 7.19. The van der Waals surface area contributed by atoms with Crippen LogP contribution in [-0.4, -0.2) is 49.4 Å². The van der Waals surface area contributed by atoms with E-state index < -0.39 is 5.97 Å². The van der Waals surface area contributed by atoms with Crippen LogP contribution in [0, 0.1) is 6.92 Å². The molecule has 8 heteroatoms. The van der Waals surface area contributed by atoms with Gasteiger partial charge in [-0.15, -0.1) is 11.3 Å². The number of rotatable bonds is 9. The average Bonchev–Trinajstić information content (AvgIpc) is 3.11. The van der Waals surface area contributed by atoms with Gasteiger partial charge >= 0.3 is 5.97 Å². The van der Waals surface area contributed by atoms with Gasteiger partial charge in [0, 0.05) is 5.69 Å². The zero-order chi connectivity index (χ0) is 20.5. The lowest BCUT2D eigenvalue weighted by Gasteiger charge is -2.21. The molecule has 0 aliphatic rings. The molecule has 1 aromatic heterocycles. The number of methoxy groups -OCH3 is 1. The van der Waals surface area contributed by atoms with Gasteiger partial charge < -0.3 is 15.4 Å². The summed E-state index contributed by atoms with van der Waals surface area (Å²) in [5.74, 6) is -0.963. The summed E-state index contributed by atoms with van der Waals surface area (Å²) in [5.41, 5.74) is 2.15. The quantitative estimate of drug-likeness (QED) is 0.628. The third-order valence-corrected chi connectivity index (χ3v) is 4.90. The van der Waals surface area contributed by atoms with Crippen LogP contribution < -0.4 is 10.6 Å². The predicted molar refractivity (Wildman–Crippen MR) is 111 cm³/mol. The Kier molecular flexibility index (Phi) is 8.16. The zero-order valence-corrected chi connectivity index (χ0v) is 17.1. The minimum atomic E-state index is -0.492. The fourth-order valence-corrected chi connectivity index (χ4v) is 3.45. The molecule has 2 amide bonds. The van der Waals surface area contributed by atoms with Gasteiger partial charge in [0.05, 0.1) is 25.9 Å². The van der Waals surface area contributed by atoms with E-state index in [1.54, 1.807) is 16.3 Å². The van der Waals surface area contributed by atoms with Gasteiger partial charge in [-0.2, -0.15) is 0 Å². The molecule has 0 atom stereocenters. The van der Waals surface area contributed by atoms with Crippen molar-refractivity contribution in [3.8, 4) is 0 Å². The van der Waals surface area contributed by atoms with Gasteiger partial charge in [0.2, 0.25) is 11.8 Å². The van der Waals surface area contributed by atoms with E-state index in [0.717, 1.165) is 17.7 Å². The molecule has 2 N–H and O–H groups in total. The summed E-state index contributed by atoms with van der Waals surface area (Å²) in [7, 11) is 1.30. The molecule has 1 aromatic carbocycles. The fraction of sp³-hybridized carbons (Fsp3) is 0.350. The molecule has 0 bridgehead atoms. The first kappa shape index (κ1) is 21.6. The van der Waals surface area contributed by atoms with Crippen molar-refractivity contribution < 1.29 is 19.1 Å². The molecule has 0 fully saturated rings. The molecule has 7 nitrogen and oxygen atoms in total. The monoisotopic (exact) mass is 403 g/mol. The van der Waals surface area contributed by atoms with E-state index in [-0.39, 0.29) is 24.9 Å². The number of thiophene rings is 1. The minimum Gasteiger partial charge on any atom is -0.465 e. The first-order valence-electron chi connectivity index (χ1n) is 8.98. The summed E-state index contributed by atoms with van der Waals surface area (Å²) >= 11 is 1.20. The molecule has 1 heterocycles. The van der Waals surface area contributed by atoms with Crippen LogP contribution >= 0.6 is 11.3 Å². The second kappa shape index (κ2) is 10.6. The first-order valence-corrected chi connectivity index (χ1v) is 9.86. The normalized spacial score (nSPS) is 10.6. The summed E-state index contributed by atoms with van der Waals surface area (Å²) in [5, 5.41) is 7.31. The van der Waals surface area contributed by atoms with Crippen molar-refractivity contribution >= 4 is 40.5 Å². The topological polar surface area (TPSA) is 87.7 Å². The number of para-hydroxylation sites is 1. The summed E-state index contributed by atoms with van der Waals surface area (Å²) in [6.45, 7) is 4.65. The fourth-order valence-electron chi connectivity index (χ4n) is 2.69. The molecule has 28 heavy (non-hydrogen) atoms. The molecule has 0 unspecified atom stereocenters. The molecule has 2 aromatic rings. The summed E-state index contributed by atoms with van der Waals surface area (Å²) in [6.07, 6.45) is 0.802. The van der Waals surface area contributed by atoms with Crippen LogP contribution in [0.15, 0.2) is 35.7 Å². The molecular formula is C20H25N3O4S. The third-order valence-electron chi connectivity index (χ3n) is 4.00. The van der Waals surface area contributed by atoms with E-state index >= 15 is 0 Å². The number of nitrogens with zero attached hydrogens (tertiary/aromatic N) is 1. The van der Waals surface area contributed by atoms with Crippen molar-refractivity contribution in [2.45, 2.75) is 20.3 Å². The van der Waals surface area contributed by atoms with Crippen molar-refractivity contribution in [2.24, 2.45) is 0 Å². The Hall–Kier alpha value is -2.71. The van der Waals surface area contributed by atoms with Crippen LogP contribution in [0.5, 0.6) is 0 Å². The molecule has 0 aliphatic carbocycles. The van der Waals surface area contributed by atoms with Gasteiger partial charge in [0.25, 0.3) is 0 Å². The minimum absolute atomic E-state index is 0.0471. The van der Waals surface area contributed by atoms with Crippen molar-refractivity contribution in [1.29, 1.82) is 0 Å². The molecule has 0 aliphatic heterocycles. The molecule has 150 valence electrons. The van der Waals surface area contributed by atoms with E-state index in [9.17, 15) is 14.4 Å². The van der Waals surface area contributed by atoms with E-state index in [1.165, 1.54) is 18.4 Å². The molecule has 2 rings (SSSR count). The predicted octanol–water partition coefficient (Wildman–Crippen LogP) is 3.13. The number of carbonyl (C=O) groups excluding carboxylic acids is 3. The third kappa shape index (κ3) is 6.17. The van der Waals surface area contributed by atoms with Gasteiger partial charge in [-0.05, 0) is 43.0 Å². The average molecular weight is 404 g/mol. The maximum atomic E-state index is 12.4. The van der Waals surface area contributed by atoms with Crippen LogP contribution in [0.4, 0.5) is 11.4 Å². The molecule has 0 radical (unpaired) electrons. The summed E-state index contributed by atoms with van der Waals surface area (Å²) in [4.78, 5) is 38.6. The van der Waals surface area contributed by atoms with E-state index in [4.69, 9.17) is 4.74 Å². The lowest BCUT2D eigenvalue weighted by molar-refractivity contribution is -0.120. The Morgan fingerprint density at radius 2 is 1.68 bits per heavy atom. The van der Waals surface area contributed by atoms with Gasteiger partial charge in [-0.1, -0.05) is 25.1 Å². The number of carbonyl (C=O) groups is 3. The zero-order valence-electron chi connectivity index (χ0n) is 16.3. The number of hydrogen-bond acceptors (Lipinski definition) is 6. The number of nitrogens with one attached hydrogen (secondary N) is 2. The van der Waals surface area contributed by atoms with Gasteiger partial charge in [-0.25, -0.2) is 4.79 Å². The molecule has 0 saturated carbocycles. The smallest absolute Gasteiger partial charge is 0.350 e. The SMILES string of the molecule is CCCN(CC(=O)Nc1ccccc1C)CC(=O)Nc1ccsc1C(=O)OC. The van der Waals surface area contributed by atoms with Crippen molar-refractivity contribution in [3.05, 3.63) is 46.2 Å². The number of ether oxygens (including phenoxy) is 1. The van der Waals surface area contributed by atoms with Crippen LogP contribution in [0.25, 0.3) is 0 Å². The lowest BCUT2D eigenvalue weighted by Crippen LogP contribution is -2.39. The number of amides is 2. The largest absolute Gasteiger partial charge is 0.465 e. The maximum absolute atomic E-state index is 12.4. The number of anilines is 2. The number of esters is 1. The number of aryl methyl sites for hydroxylation is 1. The van der Waals surface area contributed by atoms with Crippen LogP contribution in [0.3, 0.4) is 0 Å². The molecular weight excluding hydrogens is 378 g/mol. The van der Waals surface area contributed by atoms with E-state index in [1.807, 2.05) is 38.1 Å². The highest BCUT2D eigenvalue weighted by atomic mass is 32.1. The number of hydrogen-bond donors (Lipinski definition) is 2. The Morgan fingerprint density at radius 1 is 1.04 bits per heavy atom. The molecule has 0 spiro atoms. The van der Waals surface area contributed by atoms with Gasteiger partial charge in [0.15, 0.2) is 0 Å². The highest BCUT2D eigenvalue weighted by Crippen LogP contribution is 2.23. The summed E-state index contributed by atoms with van der Waals surface area (Å²) in [6, 6.07) is 9.19. The lowest BCUT2D eigenvalue weighted by atomic mass is 10.2. The van der Waals surface area contributed by atoms with E-state index in [2.05, 4.69) is 10.6 Å². The highest BCUT2D eigenvalue weighted by Gasteiger charge is 2.18. The van der Waals surface area contributed by atoms with Gasteiger partial charge in [0.1, 0.15) is 4.88 Å². The first-order chi connectivity index (χ1) is 13.4. The Bertz CT molecular complexity index is 834. The molecule has 0 saturated heterocycles. The maximum Gasteiger partial charge on any atom is 0.350 e. The van der Waals surface area contributed by atoms with Crippen molar-refractivity contribution in [3.63, 3.8) is 0 Å². The number of benzene rings is 1. The Balaban J connectivity index is 1.95. The van der Waals surface area contributed by atoms with Crippen LogP contribution in [0.2, 0.25) is 0 Å². The standard InChI is InChI=1S/C20H25N3O4S/c1-4-10-23(12-17(24)21-15-8-6-5-7-14(15)2)13-18(25)22-16-9-11-28-19(16)20(26)27-3/h5-9,11H,4,10,12-13H2,1-3H3,(H,21,24)(H,22,25). The van der Waals surface area contributed by atoms with Crippen molar-refractivity contribution in [2.75, 3.05) is 37.4 Å². The highest BCUT2D eigenvalue weighted by molar-refractivity contribution is 7.12. The van der Waals surface area contributed by atoms with Crippen LogP contribution in [-0.2, 0) is 14.3 Å². The Labute approximate surface area is 168 Å². The summed E-state index contributed by atoms with van der Waals surface area (Å²) < 4.78 is 4.71. The second-order valence-electron chi connectivity index (χ2n) is 6.28. The van der Waals surface area contributed by atoms with Crippen LogP contribution in [0.1, 0.15) is 28.6 Å². The van der Waals surface area contributed by atoms with Crippen molar-refractivity contribution in [1.82, 2.24) is 4.90 Å². The Morgan fingerprint density at radius 3 is 2.29 bits per heavy atom. The van der Waals surface area contributed by atoms with Gasteiger partial charge in [-0.3, -0.25) is 14.5 Å². The van der Waals surface area contributed by atoms with E-state index in [0.29, 0.717) is 17.1 Å².